The normalized spacial score (nSPS) is 16.7. The summed E-state index contributed by atoms with van der Waals surface area (Å²) in [5.74, 6) is -3.40. The molecule has 0 radical (unpaired) electrons. The summed E-state index contributed by atoms with van der Waals surface area (Å²) in [4.78, 5) is 24.8. The number of carbonyl (C=O) groups excluding carboxylic acids is 2. The number of sulfonamides is 1. The Bertz CT molecular complexity index is 1560. The van der Waals surface area contributed by atoms with Crippen LogP contribution in [0.3, 0.4) is 0 Å². The van der Waals surface area contributed by atoms with E-state index in [0.717, 1.165) is 6.07 Å². The fraction of sp³-hybridized carbons (Fsp3) is 0.211. The van der Waals surface area contributed by atoms with E-state index in [1.165, 1.54) is 19.2 Å². The topological polar surface area (TPSA) is 118 Å². The predicted molar refractivity (Wildman–Crippen MR) is 110 cm³/mol. The number of hydrogen-bond donors (Lipinski definition) is 2. The molecule has 29 heavy (non-hydrogen) atoms. The molecule has 0 aliphatic rings. The van der Waals surface area contributed by atoms with Crippen LogP contribution in [-0.2, 0) is 10.0 Å². The molecule has 3 aromatic rings. The second-order valence-corrected chi connectivity index (χ2v) is 8.32. The minimum absolute atomic E-state index is 0.00238. The van der Waals surface area contributed by atoms with Crippen molar-refractivity contribution in [3.63, 3.8) is 0 Å². The van der Waals surface area contributed by atoms with E-state index in [1.807, 2.05) is 4.72 Å². The lowest BCUT2D eigenvalue weighted by molar-refractivity contribution is 0.101. The Balaban J connectivity index is 2.07. The van der Waals surface area contributed by atoms with E-state index in [4.69, 9.17) is 12.3 Å². The molecule has 0 fully saturated rings. The van der Waals surface area contributed by atoms with Crippen molar-refractivity contribution in [1.82, 2.24) is 5.16 Å². The number of thiophene rings is 1. The Morgan fingerprint density at radius 3 is 2.79 bits per heavy atom. The van der Waals surface area contributed by atoms with Crippen LogP contribution in [0.2, 0.25) is 0 Å². The molecule has 0 aliphatic carbocycles. The second kappa shape index (κ2) is 7.80. The van der Waals surface area contributed by atoms with E-state index in [0.29, 0.717) is 11.3 Å². The second-order valence-electron chi connectivity index (χ2n) is 5.75. The molecule has 2 heterocycles. The Hall–Kier alpha value is -2.98. The summed E-state index contributed by atoms with van der Waals surface area (Å²) in [6.45, 7) is -3.45. The Morgan fingerprint density at radius 2 is 2.07 bits per heavy atom. The van der Waals surface area contributed by atoms with Crippen molar-refractivity contribution in [2.45, 2.75) is 32.4 Å². The quantitative estimate of drug-likeness (QED) is 0.559. The highest BCUT2D eigenvalue weighted by Crippen LogP contribution is 2.29. The standard InChI is InChI=1S/C19H19N3O5S2/c1-10-7-11(2)16(14(8-10)13(4)23)21-18(24)17-15(5-6-28-17)29(25,26)22-19-12(3)9-20-27-19/h5-9,22H,1-4H3,(H,21,24)/i3D3,4D3,7D,8D,9D. The number of nitrogens with one attached hydrogen (secondary N) is 2. The zero-order valence-corrected chi connectivity index (χ0v) is 16.6. The van der Waals surface area contributed by atoms with Crippen molar-refractivity contribution in [2.75, 3.05) is 10.0 Å². The smallest absolute Gasteiger partial charge is 0.267 e. The number of hydrogen-bond acceptors (Lipinski definition) is 7. The zero-order valence-electron chi connectivity index (χ0n) is 24.0. The van der Waals surface area contributed by atoms with Gasteiger partial charge in [-0.15, -0.1) is 11.3 Å². The largest absolute Gasteiger partial charge is 0.338 e. The van der Waals surface area contributed by atoms with Gasteiger partial charge in [0.1, 0.15) is 9.77 Å². The fourth-order valence-electron chi connectivity index (χ4n) is 2.44. The van der Waals surface area contributed by atoms with Crippen LogP contribution in [0.4, 0.5) is 11.6 Å². The summed E-state index contributed by atoms with van der Waals surface area (Å²) in [6.07, 6.45) is -0.815. The van der Waals surface area contributed by atoms with E-state index in [1.54, 1.807) is 0 Å². The molecule has 0 unspecified atom stereocenters. The fourth-order valence-corrected chi connectivity index (χ4v) is 4.76. The molecule has 0 atom stereocenters. The van der Waals surface area contributed by atoms with Gasteiger partial charge in [0.2, 0.25) is 5.88 Å². The molecule has 0 saturated carbocycles. The van der Waals surface area contributed by atoms with E-state index >= 15 is 0 Å². The minimum atomic E-state index is -4.69. The summed E-state index contributed by atoms with van der Waals surface area (Å²) in [5, 5.41) is 6.66. The number of carbonyl (C=O) groups is 2. The lowest BCUT2D eigenvalue weighted by atomic mass is 10.0. The van der Waals surface area contributed by atoms with Gasteiger partial charge in [0.25, 0.3) is 15.9 Å². The van der Waals surface area contributed by atoms with Crippen molar-refractivity contribution < 1.29 is 34.9 Å². The van der Waals surface area contributed by atoms with Gasteiger partial charge in [0.15, 0.2) is 5.78 Å². The number of Topliss-reactive ketones (excluding diaryl/α,β-unsaturated/α-hetero) is 1. The maximum Gasteiger partial charge on any atom is 0.267 e. The van der Waals surface area contributed by atoms with Crippen molar-refractivity contribution >= 4 is 44.6 Å². The molecule has 0 bridgehead atoms. The summed E-state index contributed by atoms with van der Waals surface area (Å²) in [7, 11) is -4.69. The van der Waals surface area contributed by atoms with Crippen molar-refractivity contribution in [3.8, 4) is 0 Å². The van der Waals surface area contributed by atoms with Gasteiger partial charge in [-0.05, 0) is 56.2 Å². The maximum atomic E-state index is 13.2. The average Bonchev–Trinajstić information content (AvgIpc) is 3.42. The monoisotopic (exact) mass is 442 g/mol. The SMILES string of the molecule is [2H]c1noc(NS(=O)(=O)c2ccsc2C(=O)Nc2c(C)c([2H])c(C)c([2H])c2C(=O)C([2H])([2H])[2H])c1C([2H])([2H])[2H]. The molecular formula is C19H19N3O5S2. The van der Waals surface area contributed by atoms with Gasteiger partial charge in [-0.1, -0.05) is 11.2 Å². The van der Waals surface area contributed by atoms with Crippen LogP contribution in [-0.4, -0.2) is 25.3 Å². The van der Waals surface area contributed by atoms with Gasteiger partial charge >= 0.3 is 0 Å². The van der Waals surface area contributed by atoms with Crippen LogP contribution >= 0.6 is 11.3 Å². The van der Waals surface area contributed by atoms with Gasteiger partial charge in [0.05, 0.1) is 16.0 Å². The number of ketones is 1. The zero-order chi connectivity index (χ0) is 29.0. The van der Waals surface area contributed by atoms with E-state index < -0.39 is 80.1 Å². The predicted octanol–water partition coefficient (Wildman–Crippen LogP) is 3.92. The van der Waals surface area contributed by atoms with Crippen molar-refractivity contribution in [1.29, 1.82) is 0 Å². The molecule has 152 valence electrons. The first-order valence-electron chi connectivity index (χ1n) is 12.3. The van der Waals surface area contributed by atoms with E-state index in [9.17, 15) is 18.0 Å². The average molecular weight is 443 g/mol. The lowest BCUT2D eigenvalue weighted by Crippen LogP contribution is -2.20. The van der Waals surface area contributed by atoms with Gasteiger partial charge in [-0.25, -0.2) is 13.1 Å². The van der Waals surface area contributed by atoms with E-state index in [2.05, 4.69) is 15.0 Å². The molecule has 2 N–H and O–H groups in total. The molecule has 0 aliphatic heterocycles. The number of nitrogens with zero attached hydrogens (tertiary/aromatic N) is 1. The third-order valence-corrected chi connectivity index (χ3v) is 6.07. The molecule has 10 heteroatoms. The molecule has 2 aromatic heterocycles. The van der Waals surface area contributed by atoms with Gasteiger partial charge < -0.3 is 9.84 Å². The molecule has 0 spiro atoms. The Kier molecular flexibility index (Phi) is 3.20. The molecule has 1 amide bonds. The van der Waals surface area contributed by atoms with Crippen LogP contribution in [0.1, 0.15) is 55.9 Å². The highest BCUT2D eigenvalue weighted by molar-refractivity contribution is 7.93. The number of amides is 1. The lowest BCUT2D eigenvalue weighted by Gasteiger charge is -2.14. The Labute approximate surface area is 184 Å². The number of anilines is 2. The Morgan fingerprint density at radius 1 is 1.28 bits per heavy atom. The third kappa shape index (κ3) is 4.22. The van der Waals surface area contributed by atoms with Gasteiger partial charge in [-0.2, -0.15) is 0 Å². The number of benzene rings is 1. The number of aromatic nitrogens is 1. The molecule has 8 nitrogen and oxygen atoms in total. The summed E-state index contributed by atoms with van der Waals surface area (Å²) >= 11 is 0.651. The molecule has 0 saturated heterocycles. The van der Waals surface area contributed by atoms with E-state index in [-0.39, 0.29) is 17.2 Å². The van der Waals surface area contributed by atoms with Crippen LogP contribution in [0, 0.1) is 20.7 Å². The summed E-state index contributed by atoms with van der Waals surface area (Å²) < 4.78 is 101. The first-order valence-corrected chi connectivity index (χ1v) is 10.2. The van der Waals surface area contributed by atoms with Crippen LogP contribution in [0.15, 0.2) is 39.1 Å². The molecule has 3 rings (SSSR count). The summed E-state index contributed by atoms with van der Waals surface area (Å²) in [5.41, 5.74) is -1.90. The molecular weight excluding hydrogens is 414 g/mol. The van der Waals surface area contributed by atoms with Crippen LogP contribution in [0.25, 0.3) is 0 Å². The maximum absolute atomic E-state index is 13.2. The highest BCUT2D eigenvalue weighted by atomic mass is 32.2. The van der Waals surface area contributed by atoms with Crippen LogP contribution in [0.5, 0.6) is 0 Å². The molecule has 1 aromatic carbocycles. The van der Waals surface area contributed by atoms with Crippen LogP contribution < -0.4 is 10.0 Å². The van der Waals surface area contributed by atoms with Gasteiger partial charge in [-0.3, -0.25) is 9.59 Å². The summed E-state index contributed by atoms with van der Waals surface area (Å²) in [6, 6.07) is 0.213. The van der Waals surface area contributed by atoms with Crippen molar-refractivity contribution in [3.05, 3.63) is 56.8 Å². The highest BCUT2D eigenvalue weighted by Gasteiger charge is 2.27. The number of rotatable bonds is 6. The third-order valence-electron chi connectivity index (χ3n) is 3.65. The minimum Gasteiger partial charge on any atom is -0.338 e. The van der Waals surface area contributed by atoms with Gasteiger partial charge in [0, 0.05) is 19.4 Å². The first-order chi connectivity index (χ1) is 17.3. The first kappa shape index (κ1) is 11.9. The van der Waals surface area contributed by atoms with Crippen molar-refractivity contribution in [2.24, 2.45) is 0 Å².